The van der Waals surface area contributed by atoms with Crippen LogP contribution in [-0.4, -0.2) is 38.5 Å². The largest absolute Gasteiger partial charge is 0.476 e. The molecule has 0 aliphatic carbocycles. The quantitative estimate of drug-likeness (QED) is 0.170. The first-order chi connectivity index (χ1) is 16.2. The van der Waals surface area contributed by atoms with Crippen molar-refractivity contribution in [3.8, 4) is 5.75 Å². The highest BCUT2D eigenvalue weighted by Gasteiger charge is 2.33. The van der Waals surface area contributed by atoms with Gasteiger partial charge in [0.2, 0.25) is 5.83 Å². The monoisotopic (exact) mass is 514 g/mol. The average Bonchev–Trinajstić information content (AvgIpc) is 2.90. The van der Waals surface area contributed by atoms with Gasteiger partial charge in [-0.05, 0) is 42.5 Å². The molecule has 0 spiro atoms. The predicted molar refractivity (Wildman–Crippen MR) is 131 cm³/mol. The number of nitrogens with zero attached hydrogens (tertiary/aromatic N) is 1. The molecule has 186 valence electrons. The van der Waals surface area contributed by atoms with E-state index < -0.39 is 22.6 Å². The van der Waals surface area contributed by atoms with Gasteiger partial charge < -0.3 is 14.7 Å². The van der Waals surface area contributed by atoms with Crippen molar-refractivity contribution in [2.75, 3.05) is 17.2 Å². The second-order valence-electron chi connectivity index (χ2n) is 7.68. The number of nitrogens with one attached hydrogen (secondary N) is 1. The first kappa shape index (κ1) is 26.3. The number of fused-ring (bicyclic) bond motifs is 1. The zero-order chi connectivity index (χ0) is 24.9. The summed E-state index contributed by atoms with van der Waals surface area (Å²) < 4.78 is 57.6. The smallest absolute Gasteiger partial charge is 0.368 e. The van der Waals surface area contributed by atoms with Crippen molar-refractivity contribution in [1.82, 2.24) is 4.72 Å². The van der Waals surface area contributed by atoms with E-state index >= 15 is 0 Å². The number of ether oxygens (including phenoxy) is 1. The molecule has 0 amide bonds. The normalized spacial score (nSPS) is 18.7. The van der Waals surface area contributed by atoms with Gasteiger partial charge in [-0.3, -0.25) is 9.11 Å². The van der Waals surface area contributed by atoms with Gasteiger partial charge in [0.05, 0.1) is 10.6 Å². The number of anilines is 2. The molecule has 0 aromatic heterocycles. The summed E-state index contributed by atoms with van der Waals surface area (Å²) in [6.45, 7) is 4.35. The van der Waals surface area contributed by atoms with Crippen LogP contribution in [0.1, 0.15) is 33.1 Å². The van der Waals surface area contributed by atoms with Crippen LogP contribution in [0.15, 0.2) is 58.3 Å². The fraction of sp³-hybridized carbons (Fsp3) is 0.348. The maximum absolute atomic E-state index is 13.6. The molecule has 0 fully saturated rings. The van der Waals surface area contributed by atoms with Crippen LogP contribution in [-0.2, 0) is 4.79 Å². The van der Waals surface area contributed by atoms with Gasteiger partial charge in [-0.1, -0.05) is 26.7 Å². The van der Waals surface area contributed by atoms with Crippen molar-refractivity contribution in [2.24, 2.45) is 0 Å². The molecule has 34 heavy (non-hydrogen) atoms. The predicted octanol–water partition coefficient (Wildman–Crippen LogP) is 6.54. The standard InChI is InChI=1S/C23H28F2N2O5S2/c1-3-5-6-16-13-27(17-9-7-15(24)8-10-17)19-11-21(33-4-2)20(32-14-18(25)23(28)29)12-22(19)34(30,31)26-16/h7-12,14,16,26,30-31H,3-6,13H2,1-2H3,(H,28,29)/b18-14-/t16-/m0/s1. The summed E-state index contributed by atoms with van der Waals surface area (Å²) in [5.74, 6) is -2.92. The van der Waals surface area contributed by atoms with E-state index in [0.717, 1.165) is 12.8 Å². The third-order valence-electron chi connectivity index (χ3n) is 5.19. The van der Waals surface area contributed by atoms with E-state index in [1.165, 1.54) is 30.0 Å². The van der Waals surface area contributed by atoms with E-state index in [9.17, 15) is 22.7 Å². The average molecular weight is 515 g/mol. The Hall–Kier alpha value is -2.31. The van der Waals surface area contributed by atoms with E-state index in [-0.39, 0.29) is 22.5 Å². The molecule has 7 nitrogen and oxygen atoms in total. The Bertz CT molecular complexity index is 1050. The minimum atomic E-state index is -3.50. The second-order valence-corrected chi connectivity index (χ2v) is 10.8. The number of unbranched alkanes of at least 4 members (excludes halogenated alkanes) is 1. The minimum Gasteiger partial charge on any atom is -0.476 e. The van der Waals surface area contributed by atoms with Gasteiger partial charge >= 0.3 is 5.97 Å². The summed E-state index contributed by atoms with van der Waals surface area (Å²) in [6.07, 6.45) is 2.95. The van der Waals surface area contributed by atoms with Crippen molar-refractivity contribution in [3.05, 3.63) is 54.3 Å². The van der Waals surface area contributed by atoms with E-state index in [4.69, 9.17) is 9.84 Å². The molecule has 11 heteroatoms. The van der Waals surface area contributed by atoms with Gasteiger partial charge in [0.1, 0.15) is 22.7 Å². The van der Waals surface area contributed by atoms with Gasteiger partial charge in [-0.2, -0.15) is 4.39 Å². The number of thioether (sulfide) groups is 1. The summed E-state index contributed by atoms with van der Waals surface area (Å²) in [5, 5.41) is 8.78. The van der Waals surface area contributed by atoms with E-state index in [2.05, 4.69) is 4.72 Å². The molecular weight excluding hydrogens is 486 g/mol. The van der Waals surface area contributed by atoms with Gasteiger partial charge in [0, 0.05) is 24.3 Å². The SMILES string of the molecule is CCCC[C@H]1CN(c2ccc(F)cc2)c2cc(SCC)c(O/C=C(\F)C(=O)O)cc2S(O)(O)N1. The van der Waals surface area contributed by atoms with Crippen LogP contribution in [0.5, 0.6) is 5.75 Å². The molecule has 1 aliphatic rings. The molecule has 2 aromatic rings. The molecule has 0 saturated carbocycles. The number of carboxylic acid groups (broad SMARTS) is 1. The topological polar surface area (TPSA) is 102 Å². The lowest BCUT2D eigenvalue weighted by Crippen LogP contribution is -2.37. The molecule has 0 saturated heterocycles. The molecule has 4 N–H and O–H groups in total. The maximum atomic E-state index is 13.6. The molecule has 1 heterocycles. The Morgan fingerprint density at radius 3 is 2.62 bits per heavy atom. The third-order valence-corrected chi connectivity index (χ3v) is 7.72. The summed E-state index contributed by atoms with van der Waals surface area (Å²) in [7, 11) is -3.50. The fourth-order valence-corrected chi connectivity index (χ4v) is 5.89. The van der Waals surface area contributed by atoms with Gasteiger partial charge in [-0.25, -0.2) is 13.9 Å². The number of benzene rings is 2. The first-order valence-corrected chi connectivity index (χ1v) is 13.3. The molecule has 0 bridgehead atoms. The molecule has 2 aromatic carbocycles. The number of carboxylic acids is 1. The number of aliphatic carboxylic acids is 1. The summed E-state index contributed by atoms with van der Waals surface area (Å²) in [5.41, 5.74) is 1.16. The van der Waals surface area contributed by atoms with Crippen molar-refractivity contribution in [2.45, 2.75) is 48.9 Å². The highest BCUT2D eigenvalue weighted by atomic mass is 32.3. The minimum absolute atomic E-state index is 0.0924. The number of hydrogen-bond acceptors (Lipinski definition) is 7. The van der Waals surface area contributed by atoms with E-state index in [0.29, 0.717) is 41.3 Å². The number of carbonyl (C=O) groups is 1. The van der Waals surface area contributed by atoms with Crippen LogP contribution in [0, 0.1) is 5.82 Å². The third kappa shape index (κ3) is 6.22. The highest BCUT2D eigenvalue weighted by Crippen LogP contribution is 2.55. The summed E-state index contributed by atoms with van der Waals surface area (Å²) >= 11 is 1.37. The molecule has 0 radical (unpaired) electrons. The van der Waals surface area contributed by atoms with Crippen molar-refractivity contribution in [1.29, 1.82) is 0 Å². The van der Waals surface area contributed by atoms with Crippen LogP contribution < -0.4 is 14.4 Å². The van der Waals surface area contributed by atoms with Crippen molar-refractivity contribution in [3.63, 3.8) is 0 Å². The van der Waals surface area contributed by atoms with Gasteiger partial charge in [-0.15, -0.1) is 22.5 Å². The number of rotatable bonds is 9. The lowest BCUT2D eigenvalue weighted by Gasteiger charge is -2.35. The molecule has 3 rings (SSSR count). The van der Waals surface area contributed by atoms with Crippen molar-refractivity contribution < 1.29 is 32.5 Å². The Balaban J connectivity index is 2.16. The number of halogens is 2. The lowest BCUT2D eigenvalue weighted by atomic mass is 10.1. The fourth-order valence-electron chi connectivity index (χ4n) is 3.61. The summed E-state index contributed by atoms with van der Waals surface area (Å²) in [4.78, 5) is 13.4. The zero-order valence-electron chi connectivity index (χ0n) is 18.8. The second kappa shape index (κ2) is 11.4. The Morgan fingerprint density at radius 2 is 2.00 bits per heavy atom. The van der Waals surface area contributed by atoms with E-state index in [1.807, 2.05) is 18.7 Å². The molecule has 1 aliphatic heterocycles. The zero-order valence-corrected chi connectivity index (χ0v) is 20.5. The number of hydrogen-bond donors (Lipinski definition) is 4. The van der Waals surface area contributed by atoms with Crippen LogP contribution in [0.3, 0.4) is 0 Å². The van der Waals surface area contributed by atoms with Crippen LogP contribution in [0.2, 0.25) is 0 Å². The highest BCUT2D eigenvalue weighted by molar-refractivity contribution is 8.22. The van der Waals surface area contributed by atoms with Crippen LogP contribution in [0.4, 0.5) is 20.2 Å². The first-order valence-electron chi connectivity index (χ1n) is 10.8. The maximum Gasteiger partial charge on any atom is 0.368 e. The molecular formula is C23H28F2N2O5S2. The Kier molecular flexibility index (Phi) is 8.83. The lowest BCUT2D eigenvalue weighted by molar-refractivity contribution is -0.134. The van der Waals surface area contributed by atoms with Crippen LogP contribution in [0.25, 0.3) is 0 Å². The Labute approximate surface area is 203 Å². The Morgan fingerprint density at radius 1 is 1.29 bits per heavy atom. The van der Waals surface area contributed by atoms with Gasteiger partial charge in [0.25, 0.3) is 0 Å². The van der Waals surface area contributed by atoms with Crippen molar-refractivity contribution >= 4 is 39.9 Å². The summed E-state index contributed by atoms with van der Waals surface area (Å²) in [6, 6.07) is 8.73. The van der Waals surface area contributed by atoms with Gasteiger partial charge in [0.15, 0.2) is 0 Å². The molecule has 1 atom stereocenters. The van der Waals surface area contributed by atoms with E-state index in [1.54, 1.807) is 18.2 Å². The van der Waals surface area contributed by atoms with Crippen LogP contribution >= 0.6 is 22.5 Å². The molecule has 0 unspecified atom stereocenters.